The van der Waals surface area contributed by atoms with Gasteiger partial charge < -0.3 is 21.1 Å². The molecule has 0 aliphatic heterocycles. The van der Waals surface area contributed by atoms with E-state index in [-0.39, 0.29) is 24.2 Å². The molecule has 2 rings (SSSR count). The lowest BCUT2D eigenvalue weighted by Gasteiger charge is -2.27. The summed E-state index contributed by atoms with van der Waals surface area (Å²) < 4.78 is 5.10. The van der Waals surface area contributed by atoms with Gasteiger partial charge in [-0.15, -0.1) is 12.4 Å². The van der Waals surface area contributed by atoms with Crippen molar-refractivity contribution in [1.82, 2.24) is 5.32 Å². The third-order valence-corrected chi connectivity index (χ3v) is 4.78. The lowest BCUT2D eigenvalue weighted by atomic mass is 9.94. The molecule has 152 valence electrons. The van der Waals surface area contributed by atoms with Crippen molar-refractivity contribution in [3.63, 3.8) is 0 Å². The van der Waals surface area contributed by atoms with Crippen LogP contribution in [0.2, 0.25) is 0 Å². The SMILES string of the molecule is CCC(N)(CC)CNC(=O)c1ccccc1NC(=O)c1ccc(OC)cc1.Cl. The Morgan fingerprint density at radius 1 is 1.00 bits per heavy atom. The van der Waals surface area contributed by atoms with Crippen LogP contribution in [0.25, 0.3) is 0 Å². The molecular weight excluding hydrogens is 378 g/mol. The zero-order chi connectivity index (χ0) is 19.9. The maximum absolute atomic E-state index is 12.6. The first kappa shape index (κ1) is 23.5. The molecular formula is C21H28ClN3O3. The molecule has 0 atom stereocenters. The van der Waals surface area contributed by atoms with E-state index in [0.717, 1.165) is 12.8 Å². The maximum atomic E-state index is 12.6. The van der Waals surface area contributed by atoms with Crippen molar-refractivity contribution in [3.05, 3.63) is 59.7 Å². The van der Waals surface area contributed by atoms with Crippen LogP contribution in [0.5, 0.6) is 5.75 Å². The Balaban J connectivity index is 0.00000392. The van der Waals surface area contributed by atoms with Gasteiger partial charge in [0.2, 0.25) is 0 Å². The first-order valence-electron chi connectivity index (χ1n) is 9.04. The molecule has 28 heavy (non-hydrogen) atoms. The minimum absolute atomic E-state index is 0. The molecule has 2 aromatic carbocycles. The highest BCUT2D eigenvalue weighted by Gasteiger charge is 2.22. The molecule has 0 bridgehead atoms. The monoisotopic (exact) mass is 405 g/mol. The summed E-state index contributed by atoms with van der Waals surface area (Å²) in [4.78, 5) is 25.1. The second-order valence-electron chi connectivity index (χ2n) is 6.48. The molecule has 0 fully saturated rings. The fourth-order valence-corrected chi connectivity index (χ4v) is 2.58. The predicted molar refractivity (Wildman–Crippen MR) is 114 cm³/mol. The van der Waals surface area contributed by atoms with Gasteiger partial charge in [0.05, 0.1) is 18.4 Å². The smallest absolute Gasteiger partial charge is 0.255 e. The average Bonchev–Trinajstić information content (AvgIpc) is 2.72. The number of hydrogen-bond acceptors (Lipinski definition) is 4. The lowest BCUT2D eigenvalue weighted by molar-refractivity contribution is 0.0943. The summed E-state index contributed by atoms with van der Waals surface area (Å²) in [6.07, 6.45) is 1.53. The van der Waals surface area contributed by atoms with Gasteiger partial charge in [0.25, 0.3) is 11.8 Å². The van der Waals surface area contributed by atoms with Crippen LogP contribution in [0, 0.1) is 0 Å². The topological polar surface area (TPSA) is 93.5 Å². The standard InChI is InChI=1S/C21H27N3O3.ClH/c1-4-21(22,5-2)14-23-20(26)17-8-6-7-9-18(17)24-19(25)15-10-12-16(27-3)13-11-15;/h6-13H,4-5,14,22H2,1-3H3,(H,23,26)(H,24,25);1H. The van der Waals surface area contributed by atoms with Gasteiger partial charge in [0.15, 0.2) is 0 Å². The van der Waals surface area contributed by atoms with Gasteiger partial charge in [-0.1, -0.05) is 26.0 Å². The van der Waals surface area contributed by atoms with E-state index in [4.69, 9.17) is 10.5 Å². The Labute approximate surface area is 172 Å². The fourth-order valence-electron chi connectivity index (χ4n) is 2.58. The number of rotatable bonds is 8. The number of nitrogens with one attached hydrogen (secondary N) is 2. The summed E-state index contributed by atoms with van der Waals surface area (Å²) in [5.41, 5.74) is 7.14. The molecule has 6 nitrogen and oxygen atoms in total. The van der Waals surface area contributed by atoms with Crippen LogP contribution in [0.1, 0.15) is 47.4 Å². The number of para-hydroxylation sites is 1. The quantitative estimate of drug-likeness (QED) is 0.625. The number of carbonyl (C=O) groups is 2. The summed E-state index contributed by atoms with van der Waals surface area (Å²) in [7, 11) is 1.57. The van der Waals surface area contributed by atoms with E-state index in [0.29, 0.717) is 29.1 Å². The van der Waals surface area contributed by atoms with Crippen LogP contribution in [0.15, 0.2) is 48.5 Å². The minimum atomic E-state index is -0.434. The summed E-state index contributed by atoms with van der Waals surface area (Å²) in [5.74, 6) is 0.106. The molecule has 0 aliphatic carbocycles. The molecule has 2 amide bonds. The predicted octanol–water partition coefficient (Wildman–Crippen LogP) is 3.62. The molecule has 0 heterocycles. The van der Waals surface area contributed by atoms with Crippen LogP contribution in [0.4, 0.5) is 5.69 Å². The van der Waals surface area contributed by atoms with Gasteiger partial charge in [0.1, 0.15) is 5.75 Å². The van der Waals surface area contributed by atoms with Crippen LogP contribution in [-0.4, -0.2) is 31.0 Å². The Hall–Kier alpha value is -2.57. The third kappa shape index (κ3) is 5.97. The van der Waals surface area contributed by atoms with E-state index < -0.39 is 5.54 Å². The molecule has 4 N–H and O–H groups in total. The van der Waals surface area contributed by atoms with Gasteiger partial charge in [0, 0.05) is 17.6 Å². The van der Waals surface area contributed by atoms with Crippen molar-refractivity contribution >= 4 is 29.9 Å². The molecule has 0 aliphatic rings. The first-order valence-corrected chi connectivity index (χ1v) is 9.04. The fraction of sp³-hybridized carbons (Fsp3) is 0.333. The third-order valence-electron chi connectivity index (χ3n) is 4.78. The number of halogens is 1. The van der Waals surface area contributed by atoms with Crippen LogP contribution >= 0.6 is 12.4 Å². The van der Waals surface area contributed by atoms with Crippen molar-refractivity contribution in [2.75, 3.05) is 19.0 Å². The van der Waals surface area contributed by atoms with Gasteiger partial charge >= 0.3 is 0 Å². The van der Waals surface area contributed by atoms with Crippen molar-refractivity contribution in [2.24, 2.45) is 5.73 Å². The lowest BCUT2D eigenvalue weighted by Crippen LogP contribution is -2.49. The summed E-state index contributed by atoms with van der Waals surface area (Å²) >= 11 is 0. The van der Waals surface area contributed by atoms with Crippen LogP contribution in [0.3, 0.4) is 0 Å². The maximum Gasteiger partial charge on any atom is 0.255 e. The Morgan fingerprint density at radius 2 is 1.61 bits per heavy atom. The number of hydrogen-bond donors (Lipinski definition) is 3. The molecule has 0 saturated heterocycles. The number of methoxy groups -OCH3 is 1. The van der Waals surface area contributed by atoms with Crippen LogP contribution in [-0.2, 0) is 0 Å². The molecule has 0 unspecified atom stereocenters. The summed E-state index contributed by atoms with van der Waals surface area (Å²) in [5, 5.41) is 5.68. The zero-order valence-corrected chi connectivity index (χ0v) is 17.3. The van der Waals surface area contributed by atoms with E-state index >= 15 is 0 Å². The largest absolute Gasteiger partial charge is 0.497 e. The number of ether oxygens (including phenoxy) is 1. The highest BCUT2D eigenvalue weighted by atomic mass is 35.5. The van der Waals surface area contributed by atoms with E-state index in [1.165, 1.54) is 0 Å². The number of carbonyl (C=O) groups excluding carboxylic acids is 2. The Bertz CT molecular complexity index is 790. The number of amides is 2. The van der Waals surface area contributed by atoms with Gasteiger partial charge in [-0.25, -0.2) is 0 Å². The second kappa shape index (κ2) is 10.7. The number of nitrogens with two attached hydrogens (primary N) is 1. The van der Waals surface area contributed by atoms with E-state index in [1.54, 1.807) is 55.6 Å². The highest BCUT2D eigenvalue weighted by Crippen LogP contribution is 2.18. The zero-order valence-electron chi connectivity index (χ0n) is 16.5. The minimum Gasteiger partial charge on any atom is -0.497 e. The molecule has 7 heteroatoms. The molecule has 0 saturated carbocycles. The Morgan fingerprint density at radius 3 is 2.18 bits per heavy atom. The summed E-state index contributed by atoms with van der Waals surface area (Å²) in [6.45, 7) is 4.37. The number of anilines is 1. The van der Waals surface area contributed by atoms with Gasteiger partial charge in [-0.3, -0.25) is 9.59 Å². The van der Waals surface area contributed by atoms with E-state index in [2.05, 4.69) is 10.6 Å². The second-order valence-corrected chi connectivity index (χ2v) is 6.48. The van der Waals surface area contributed by atoms with Crippen molar-refractivity contribution in [1.29, 1.82) is 0 Å². The van der Waals surface area contributed by atoms with E-state index in [1.807, 2.05) is 13.8 Å². The van der Waals surface area contributed by atoms with Crippen LogP contribution < -0.4 is 21.1 Å². The number of benzene rings is 2. The van der Waals surface area contributed by atoms with Gasteiger partial charge in [-0.2, -0.15) is 0 Å². The first-order chi connectivity index (χ1) is 12.9. The average molecular weight is 406 g/mol. The highest BCUT2D eigenvalue weighted by molar-refractivity contribution is 6.09. The van der Waals surface area contributed by atoms with Crippen molar-refractivity contribution < 1.29 is 14.3 Å². The van der Waals surface area contributed by atoms with E-state index in [9.17, 15) is 9.59 Å². The van der Waals surface area contributed by atoms with Gasteiger partial charge in [-0.05, 0) is 49.2 Å². The molecule has 2 aromatic rings. The molecule has 0 radical (unpaired) electrons. The molecule has 0 spiro atoms. The molecule has 0 aromatic heterocycles. The van der Waals surface area contributed by atoms with Crippen molar-refractivity contribution in [2.45, 2.75) is 32.2 Å². The Kier molecular flexibility index (Phi) is 8.96. The van der Waals surface area contributed by atoms with Crippen molar-refractivity contribution in [3.8, 4) is 5.75 Å². The normalized spacial score (nSPS) is 10.6. The summed E-state index contributed by atoms with van der Waals surface area (Å²) in [6, 6.07) is 13.7.